The first-order chi connectivity index (χ1) is 14.5. The van der Waals surface area contributed by atoms with Crippen LogP contribution < -0.4 is 9.47 Å². The number of halogens is 2. The van der Waals surface area contributed by atoms with Crippen LogP contribution in [0.1, 0.15) is 28.8 Å². The fourth-order valence-corrected chi connectivity index (χ4v) is 3.74. The molecule has 0 atom stereocenters. The largest absolute Gasteiger partial charge is 0.454 e. The van der Waals surface area contributed by atoms with E-state index < -0.39 is 6.43 Å². The second-order valence-corrected chi connectivity index (χ2v) is 7.39. The molecule has 2 aromatic heterocycles. The molecule has 2 aromatic carbocycles. The minimum absolute atomic E-state index is 0.0691. The van der Waals surface area contributed by atoms with E-state index in [9.17, 15) is 8.78 Å². The van der Waals surface area contributed by atoms with E-state index in [0.29, 0.717) is 46.0 Å². The number of benzene rings is 2. The van der Waals surface area contributed by atoms with Gasteiger partial charge in [0.05, 0.1) is 23.3 Å². The zero-order chi connectivity index (χ0) is 20.8. The lowest BCUT2D eigenvalue weighted by molar-refractivity contribution is 0.153. The van der Waals surface area contributed by atoms with Gasteiger partial charge in [-0.25, -0.2) is 18.4 Å². The van der Waals surface area contributed by atoms with Gasteiger partial charge in [0.2, 0.25) is 6.79 Å². The summed E-state index contributed by atoms with van der Waals surface area (Å²) in [6.07, 6.45) is -2.64. The number of pyridine rings is 1. The maximum Gasteiger partial charge on any atom is 0.264 e. The van der Waals surface area contributed by atoms with E-state index in [4.69, 9.17) is 14.5 Å². The lowest BCUT2D eigenvalue weighted by atomic mass is 10.1. The molecule has 0 aliphatic carbocycles. The van der Waals surface area contributed by atoms with Gasteiger partial charge in [0, 0.05) is 11.1 Å². The molecule has 0 spiro atoms. The van der Waals surface area contributed by atoms with Crippen LogP contribution in [-0.4, -0.2) is 21.6 Å². The molecule has 30 heavy (non-hydrogen) atoms. The Balaban J connectivity index is 1.66. The van der Waals surface area contributed by atoms with E-state index in [-0.39, 0.29) is 12.4 Å². The molecule has 4 aromatic rings. The first-order valence-electron chi connectivity index (χ1n) is 9.61. The van der Waals surface area contributed by atoms with Gasteiger partial charge in [-0.15, -0.1) is 0 Å². The molecule has 0 radical (unpaired) electrons. The van der Waals surface area contributed by atoms with Crippen molar-refractivity contribution in [2.75, 3.05) is 6.79 Å². The molecule has 0 unspecified atom stereocenters. The maximum absolute atomic E-state index is 14.0. The third kappa shape index (κ3) is 3.16. The Morgan fingerprint density at radius 1 is 1.00 bits per heavy atom. The lowest BCUT2D eigenvalue weighted by Crippen LogP contribution is -2.04. The van der Waals surface area contributed by atoms with Gasteiger partial charge in [0.25, 0.3) is 6.43 Å². The van der Waals surface area contributed by atoms with Crippen molar-refractivity contribution < 1.29 is 18.3 Å². The van der Waals surface area contributed by atoms with E-state index >= 15 is 0 Å². The smallest absolute Gasteiger partial charge is 0.264 e. The van der Waals surface area contributed by atoms with E-state index in [1.807, 2.05) is 31.2 Å². The summed E-state index contributed by atoms with van der Waals surface area (Å²) in [5.41, 5.74) is 4.23. The predicted octanol–water partition coefficient (Wildman–Crippen LogP) is 5.43. The van der Waals surface area contributed by atoms with Crippen molar-refractivity contribution in [1.82, 2.24) is 14.8 Å². The number of nitrogens with zero attached hydrogens (tertiary/aromatic N) is 3. The Morgan fingerprint density at radius 2 is 1.77 bits per heavy atom. The van der Waals surface area contributed by atoms with Crippen molar-refractivity contribution in [3.8, 4) is 22.8 Å². The molecule has 0 fully saturated rings. The third-order valence-corrected chi connectivity index (χ3v) is 5.26. The molecule has 152 valence electrons. The average Bonchev–Trinajstić information content (AvgIpc) is 3.33. The van der Waals surface area contributed by atoms with Crippen LogP contribution in [0.3, 0.4) is 0 Å². The summed E-state index contributed by atoms with van der Waals surface area (Å²) in [7, 11) is 0. The average molecular weight is 407 g/mol. The van der Waals surface area contributed by atoms with E-state index in [1.165, 1.54) is 6.07 Å². The number of hydrogen-bond donors (Lipinski definition) is 0. The molecular weight excluding hydrogens is 388 g/mol. The van der Waals surface area contributed by atoms with Crippen LogP contribution in [0, 0.1) is 13.8 Å². The topological polar surface area (TPSA) is 49.2 Å². The summed E-state index contributed by atoms with van der Waals surface area (Å²) in [6, 6.07) is 14.8. The number of alkyl halides is 2. The van der Waals surface area contributed by atoms with Crippen molar-refractivity contribution in [3.05, 3.63) is 70.9 Å². The zero-order valence-electron chi connectivity index (χ0n) is 16.5. The second-order valence-electron chi connectivity index (χ2n) is 7.39. The molecule has 0 saturated heterocycles. The standard InChI is InChI=1S/C23H19F2N3O2/c1-13-3-5-15(6-4-13)11-28-23-21(14(2)27-28)17(22(24)25)10-18(26-23)16-7-8-19-20(9-16)30-12-29-19/h3-10,22H,11-12H2,1-2H3. The van der Waals surface area contributed by atoms with Crippen molar-refractivity contribution in [2.24, 2.45) is 0 Å². The first kappa shape index (κ1) is 18.5. The van der Waals surface area contributed by atoms with Crippen LogP contribution in [0.4, 0.5) is 8.78 Å². The van der Waals surface area contributed by atoms with E-state index in [2.05, 4.69) is 5.10 Å². The number of rotatable bonds is 4. The molecule has 5 rings (SSSR count). The van der Waals surface area contributed by atoms with Crippen LogP contribution in [-0.2, 0) is 6.54 Å². The molecule has 1 aliphatic heterocycles. The fourth-order valence-electron chi connectivity index (χ4n) is 3.74. The monoisotopic (exact) mass is 407 g/mol. The number of ether oxygens (including phenoxy) is 2. The zero-order valence-corrected chi connectivity index (χ0v) is 16.5. The van der Waals surface area contributed by atoms with Gasteiger partial charge < -0.3 is 9.47 Å². The second kappa shape index (κ2) is 7.09. The van der Waals surface area contributed by atoms with Crippen LogP contribution in [0.25, 0.3) is 22.3 Å². The highest BCUT2D eigenvalue weighted by Crippen LogP contribution is 2.38. The number of hydrogen-bond acceptors (Lipinski definition) is 4. The number of aromatic nitrogens is 3. The molecular formula is C23H19F2N3O2. The van der Waals surface area contributed by atoms with Crippen LogP contribution in [0.5, 0.6) is 11.5 Å². The Labute approximate surface area is 171 Å². The fraction of sp³-hybridized carbons (Fsp3) is 0.217. The minimum atomic E-state index is -2.64. The van der Waals surface area contributed by atoms with Crippen LogP contribution >= 0.6 is 0 Å². The predicted molar refractivity (Wildman–Crippen MR) is 109 cm³/mol. The summed E-state index contributed by atoms with van der Waals surface area (Å²) in [5.74, 6) is 1.21. The molecule has 5 nitrogen and oxygen atoms in total. The quantitative estimate of drug-likeness (QED) is 0.453. The SMILES string of the molecule is Cc1ccc(Cn2nc(C)c3c(C(F)F)cc(-c4ccc5c(c4)OCO5)nc32)cc1. The molecule has 0 N–H and O–H groups in total. The molecule has 0 bridgehead atoms. The number of fused-ring (bicyclic) bond motifs is 2. The highest BCUT2D eigenvalue weighted by molar-refractivity contribution is 5.85. The maximum atomic E-state index is 14.0. The van der Waals surface area contributed by atoms with Crippen molar-refractivity contribution in [2.45, 2.75) is 26.8 Å². The summed E-state index contributed by atoms with van der Waals surface area (Å²) in [6.45, 7) is 4.36. The van der Waals surface area contributed by atoms with Gasteiger partial charge in [-0.05, 0) is 43.7 Å². The molecule has 0 saturated carbocycles. The number of aryl methyl sites for hydroxylation is 2. The van der Waals surface area contributed by atoms with Gasteiger partial charge in [-0.1, -0.05) is 29.8 Å². The lowest BCUT2D eigenvalue weighted by Gasteiger charge is -2.09. The van der Waals surface area contributed by atoms with Gasteiger partial charge in [0.15, 0.2) is 17.1 Å². The molecule has 1 aliphatic rings. The van der Waals surface area contributed by atoms with Gasteiger partial charge in [-0.2, -0.15) is 5.10 Å². The highest BCUT2D eigenvalue weighted by atomic mass is 19.3. The van der Waals surface area contributed by atoms with E-state index in [0.717, 1.165) is 11.1 Å². The summed E-state index contributed by atoms with van der Waals surface area (Å²) < 4.78 is 40.4. The normalized spacial score (nSPS) is 12.8. The van der Waals surface area contributed by atoms with E-state index in [1.54, 1.807) is 29.8 Å². The third-order valence-electron chi connectivity index (χ3n) is 5.26. The molecule has 3 heterocycles. The Hall–Kier alpha value is -3.48. The Bertz CT molecular complexity index is 1250. The van der Waals surface area contributed by atoms with Crippen molar-refractivity contribution in [3.63, 3.8) is 0 Å². The van der Waals surface area contributed by atoms with Crippen LogP contribution in [0.2, 0.25) is 0 Å². The van der Waals surface area contributed by atoms with Crippen molar-refractivity contribution >= 4 is 11.0 Å². The highest BCUT2D eigenvalue weighted by Gasteiger charge is 2.22. The summed E-state index contributed by atoms with van der Waals surface area (Å²) in [4.78, 5) is 4.72. The Kier molecular flexibility index (Phi) is 4.38. The van der Waals surface area contributed by atoms with Crippen LogP contribution in [0.15, 0.2) is 48.5 Å². The summed E-state index contributed by atoms with van der Waals surface area (Å²) >= 11 is 0. The van der Waals surface area contributed by atoms with Gasteiger partial charge in [-0.3, -0.25) is 0 Å². The minimum Gasteiger partial charge on any atom is -0.454 e. The molecule has 7 heteroatoms. The van der Waals surface area contributed by atoms with Gasteiger partial charge >= 0.3 is 0 Å². The first-order valence-corrected chi connectivity index (χ1v) is 9.61. The molecule has 0 amide bonds. The van der Waals surface area contributed by atoms with Crippen molar-refractivity contribution in [1.29, 1.82) is 0 Å². The Morgan fingerprint density at radius 3 is 2.53 bits per heavy atom. The summed E-state index contributed by atoms with van der Waals surface area (Å²) in [5, 5.41) is 4.92. The van der Waals surface area contributed by atoms with Gasteiger partial charge in [0.1, 0.15) is 0 Å².